The van der Waals surface area contributed by atoms with E-state index in [0.717, 1.165) is 50.2 Å². The largest absolute Gasteiger partial charge is 0.444 e. The Hall–Kier alpha value is -1.36. The van der Waals surface area contributed by atoms with Crippen molar-refractivity contribution in [1.82, 2.24) is 15.6 Å². The molecule has 2 rings (SSSR count). The molecule has 1 amide bonds. The average Bonchev–Trinajstić information content (AvgIpc) is 2.76. The second-order valence-electron chi connectivity index (χ2n) is 5.74. The van der Waals surface area contributed by atoms with Crippen molar-refractivity contribution in [3.63, 3.8) is 0 Å². The molecule has 20 heavy (non-hydrogen) atoms. The summed E-state index contributed by atoms with van der Waals surface area (Å²) in [6, 6.07) is 0. The highest BCUT2D eigenvalue weighted by Crippen LogP contribution is 2.31. The predicted octanol–water partition coefficient (Wildman–Crippen LogP) is 2.08. The maximum absolute atomic E-state index is 12.6. The van der Waals surface area contributed by atoms with E-state index in [4.69, 9.17) is 4.42 Å². The minimum absolute atomic E-state index is 0.125. The van der Waals surface area contributed by atoms with E-state index in [1.54, 1.807) is 0 Å². The molecule has 112 valence electrons. The Kier molecular flexibility index (Phi) is 4.81. The summed E-state index contributed by atoms with van der Waals surface area (Å²) >= 11 is 0. The predicted molar refractivity (Wildman–Crippen MR) is 77.3 cm³/mol. The molecule has 0 aromatic carbocycles. The van der Waals surface area contributed by atoms with E-state index in [1.165, 1.54) is 0 Å². The van der Waals surface area contributed by atoms with E-state index in [2.05, 4.69) is 22.5 Å². The Balaban J connectivity index is 1.98. The van der Waals surface area contributed by atoms with Gasteiger partial charge < -0.3 is 15.1 Å². The third-order valence-electron chi connectivity index (χ3n) is 4.16. The maximum Gasteiger partial charge on any atom is 0.227 e. The number of rotatable bonds is 5. The normalized spacial score (nSPS) is 22.8. The van der Waals surface area contributed by atoms with Crippen LogP contribution in [0.2, 0.25) is 0 Å². The van der Waals surface area contributed by atoms with Gasteiger partial charge in [-0.1, -0.05) is 13.3 Å². The van der Waals surface area contributed by atoms with E-state index >= 15 is 0 Å². The Morgan fingerprint density at radius 2 is 2.30 bits per heavy atom. The van der Waals surface area contributed by atoms with Gasteiger partial charge >= 0.3 is 0 Å². The van der Waals surface area contributed by atoms with Gasteiger partial charge in [-0.15, -0.1) is 0 Å². The van der Waals surface area contributed by atoms with E-state index < -0.39 is 0 Å². The third kappa shape index (κ3) is 3.20. The highest BCUT2D eigenvalue weighted by molar-refractivity contribution is 5.82. The molecule has 5 nitrogen and oxygen atoms in total. The number of carbonyl (C=O) groups excluding carboxylic acids is 1. The van der Waals surface area contributed by atoms with Gasteiger partial charge in [0.05, 0.1) is 17.7 Å². The Morgan fingerprint density at radius 3 is 2.85 bits per heavy atom. The van der Waals surface area contributed by atoms with Crippen LogP contribution in [0.1, 0.15) is 50.0 Å². The second kappa shape index (κ2) is 6.39. The number of hydrogen-bond acceptors (Lipinski definition) is 4. The second-order valence-corrected chi connectivity index (χ2v) is 5.74. The van der Waals surface area contributed by atoms with Crippen LogP contribution in [-0.4, -0.2) is 24.0 Å². The average molecular weight is 279 g/mol. The summed E-state index contributed by atoms with van der Waals surface area (Å²) in [7, 11) is 0. The van der Waals surface area contributed by atoms with Gasteiger partial charge in [0.25, 0.3) is 0 Å². The highest BCUT2D eigenvalue weighted by atomic mass is 16.4. The lowest BCUT2D eigenvalue weighted by molar-refractivity contribution is -0.132. The molecule has 2 N–H and O–H groups in total. The number of nitrogens with zero attached hydrogens (tertiary/aromatic N) is 1. The number of aryl methyl sites for hydroxylation is 2. The lowest BCUT2D eigenvalue weighted by atomic mass is 9.76. The molecule has 0 aliphatic carbocycles. The van der Waals surface area contributed by atoms with E-state index in [0.29, 0.717) is 12.4 Å². The molecule has 1 aliphatic rings. The fourth-order valence-electron chi connectivity index (χ4n) is 2.93. The van der Waals surface area contributed by atoms with Crippen LogP contribution in [0.25, 0.3) is 0 Å². The van der Waals surface area contributed by atoms with Crippen LogP contribution in [0.3, 0.4) is 0 Å². The fourth-order valence-corrected chi connectivity index (χ4v) is 2.93. The molecule has 2 heterocycles. The van der Waals surface area contributed by atoms with E-state index in [-0.39, 0.29) is 11.3 Å². The molecular weight excluding hydrogens is 254 g/mol. The highest BCUT2D eigenvalue weighted by Gasteiger charge is 2.38. The monoisotopic (exact) mass is 279 g/mol. The van der Waals surface area contributed by atoms with Crippen LogP contribution < -0.4 is 10.6 Å². The molecule has 0 saturated carbocycles. The van der Waals surface area contributed by atoms with Crippen molar-refractivity contribution in [2.75, 3.05) is 13.1 Å². The van der Waals surface area contributed by atoms with Gasteiger partial charge in [-0.05, 0) is 39.7 Å². The lowest BCUT2D eigenvalue weighted by Crippen LogP contribution is -2.50. The zero-order valence-corrected chi connectivity index (χ0v) is 12.7. The summed E-state index contributed by atoms with van der Waals surface area (Å²) in [5.74, 6) is 1.53. The zero-order valence-electron chi connectivity index (χ0n) is 12.7. The minimum Gasteiger partial charge on any atom is -0.444 e. The number of nitrogens with one attached hydrogen (secondary N) is 2. The lowest BCUT2D eigenvalue weighted by Gasteiger charge is -2.36. The van der Waals surface area contributed by atoms with Gasteiger partial charge in [-0.2, -0.15) is 0 Å². The molecule has 1 aromatic rings. The molecule has 1 fully saturated rings. The van der Waals surface area contributed by atoms with Gasteiger partial charge in [0.1, 0.15) is 5.76 Å². The third-order valence-corrected chi connectivity index (χ3v) is 4.16. The molecule has 1 unspecified atom stereocenters. The van der Waals surface area contributed by atoms with Gasteiger partial charge in [-0.3, -0.25) is 4.79 Å². The first kappa shape index (κ1) is 15.0. The summed E-state index contributed by atoms with van der Waals surface area (Å²) in [6.07, 6.45) is 3.97. The number of oxazole rings is 1. The summed E-state index contributed by atoms with van der Waals surface area (Å²) in [6.45, 7) is 8.08. The topological polar surface area (TPSA) is 67.2 Å². The Bertz CT molecular complexity index is 437. The van der Waals surface area contributed by atoms with Crippen molar-refractivity contribution < 1.29 is 9.21 Å². The SMILES string of the molecule is CCCC1(C(=O)NCc2nc(C)c(C)o2)CCCNC1. The molecule has 1 atom stereocenters. The van der Waals surface area contributed by atoms with E-state index in [1.807, 2.05) is 13.8 Å². The van der Waals surface area contributed by atoms with Gasteiger partial charge in [0.2, 0.25) is 11.8 Å². The maximum atomic E-state index is 12.6. The molecule has 0 bridgehead atoms. The van der Waals surface area contributed by atoms with Crippen LogP contribution in [0.15, 0.2) is 4.42 Å². The fraction of sp³-hybridized carbons (Fsp3) is 0.733. The first-order valence-corrected chi connectivity index (χ1v) is 7.49. The van der Waals surface area contributed by atoms with Crippen molar-refractivity contribution in [2.24, 2.45) is 5.41 Å². The molecule has 1 aromatic heterocycles. The van der Waals surface area contributed by atoms with Crippen molar-refractivity contribution in [3.8, 4) is 0 Å². The van der Waals surface area contributed by atoms with Gasteiger partial charge in [0.15, 0.2) is 0 Å². The summed E-state index contributed by atoms with van der Waals surface area (Å²) in [5.41, 5.74) is 0.626. The Morgan fingerprint density at radius 1 is 1.50 bits per heavy atom. The van der Waals surface area contributed by atoms with Crippen LogP contribution in [-0.2, 0) is 11.3 Å². The Labute approximate surface area is 120 Å². The molecule has 0 spiro atoms. The number of carbonyl (C=O) groups is 1. The number of piperidine rings is 1. The van der Waals surface area contributed by atoms with Gasteiger partial charge in [-0.25, -0.2) is 4.98 Å². The summed E-state index contributed by atoms with van der Waals surface area (Å²) in [4.78, 5) is 16.9. The smallest absolute Gasteiger partial charge is 0.227 e. The quantitative estimate of drug-likeness (QED) is 0.866. The molecule has 1 saturated heterocycles. The standard InChI is InChI=1S/C15H25N3O2/c1-4-6-15(7-5-8-16-10-15)14(19)17-9-13-18-11(2)12(3)20-13/h16H,4-10H2,1-3H3,(H,17,19). The zero-order chi connectivity index (χ0) is 14.6. The molecule has 5 heteroatoms. The number of aromatic nitrogens is 1. The van der Waals surface area contributed by atoms with Crippen LogP contribution in [0.5, 0.6) is 0 Å². The summed E-state index contributed by atoms with van der Waals surface area (Å²) < 4.78 is 5.50. The number of amides is 1. The van der Waals surface area contributed by atoms with E-state index in [9.17, 15) is 4.79 Å². The van der Waals surface area contributed by atoms with Crippen molar-refractivity contribution in [2.45, 2.75) is 53.0 Å². The van der Waals surface area contributed by atoms with Crippen LogP contribution in [0, 0.1) is 19.3 Å². The molecule has 0 radical (unpaired) electrons. The van der Waals surface area contributed by atoms with Crippen LogP contribution >= 0.6 is 0 Å². The first-order valence-electron chi connectivity index (χ1n) is 7.49. The summed E-state index contributed by atoms with van der Waals surface area (Å²) in [5, 5.41) is 6.35. The van der Waals surface area contributed by atoms with Crippen LogP contribution in [0.4, 0.5) is 0 Å². The van der Waals surface area contributed by atoms with Crippen molar-refractivity contribution in [1.29, 1.82) is 0 Å². The molecule has 1 aliphatic heterocycles. The van der Waals surface area contributed by atoms with Crippen molar-refractivity contribution >= 4 is 5.91 Å². The minimum atomic E-state index is -0.260. The van der Waals surface area contributed by atoms with Crippen molar-refractivity contribution in [3.05, 3.63) is 17.3 Å². The molecular formula is C15H25N3O2. The van der Waals surface area contributed by atoms with Gasteiger partial charge in [0, 0.05) is 6.54 Å². The first-order chi connectivity index (χ1) is 9.57. The number of hydrogen-bond donors (Lipinski definition) is 2.